The number of thiazole rings is 1. The molecule has 1 saturated heterocycles. The van der Waals surface area contributed by atoms with Gasteiger partial charge in [-0.2, -0.15) is 17.4 Å². The van der Waals surface area contributed by atoms with Crippen molar-refractivity contribution in [3.8, 4) is 0 Å². The van der Waals surface area contributed by atoms with Gasteiger partial charge >= 0.3 is 0 Å². The zero-order valence-electron chi connectivity index (χ0n) is 12.6. The van der Waals surface area contributed by atoms with E-state index in [9.17, 15) is 8.42 Å². The molecule has 0 aliphatic carbocycles. The Balaban J connectivity index is 1.86. The smallest absolute Gasteiger partial charge is 0.279 e. The lowest BCUT2D eigenvalue weighted by molar-refractivity contribution is 0.254. The maximum absolute atomic E-state index is 12.3. The van der Waals surface area contributed by atoms with Crippen LogP contribution in [0.4, 0.5) is 0 Å². The van der Waals surface area contributed by atoms with E-state index in [0.29, 0.717) is 25.0 Å². The van der Waals surface area contributed by atoms with E-state index in [4.69, 9.17) is 0 Å². The van der Waals surface area contributed by atoms with Gasteiger partial charge in [0.15, 0.2) is 0 Å². The van der Waals surface area contributed by atoms with Crippen LogP contribution in [0.2, 0.25) is 0 Å². The van der Waals surface area contributed by atoms with Crippen molar-refractivity contribution in [2.45, 2.75) is 39.3 Å². The summed E-state index contributed by atoms with van der Waals surface area (Å²) in [4.78, 5) is 4.09. The number of nitrogens with zero attached hydrogens (tertiary/aromatic N) is 2. The predicted octanol–water partition coefficient (Wildman–Crippen LogP) is 1.19. The zero-order chi connectivity index (χ0) is 15.3. The normalized spacial score (nSPS) is 21.0. The largest absolute Gasteiger partial charge is 0.314 e. The first-order valence-corrected chi connectivity index (χ1v) is 9.71. The van der Waals surface area contributed by atoms with Crippen LogP contribution in [0, 0.1) is 5.92 Å². The van der Waals surface area contributed by atoms with Gasteiger partial charge in [-0.1, -0.05) is 13.8 Å². The van der Waals surface area contributed by atoms with Crippen molar-refractivity contribution in [1.29, 1.82) is 0 Å². The average molecular weight is 332 g/mol. The van der Waals surface area contributed by atoms with Gasteiger partial charge in [0.2, 0.25) is 0 Å². The van der Waals surface area contributed by atoms with Gasteiger partial charge in [0.05, 0.1) is 17.7 Å². The predicted molar refractivity (Wildman–Crippen MR) is 85.3 cm³/mol. The molecule has 0 spiro atoms. The van der Waals surface area contributed by atoms with Crippen LogP contribution in [0.15, 0.2) is 10.9 Å². The minimum atomic E-state index is -3.41. The number of aromatic nitrogens is 1. The third-order valence-corrected chi connectivity index (χ3v) is 5.71. The summed E-state index contributed by atoms with van der Waals surface area (Å²) in [5.41, 5.74) is 2.47. The van der Waals surface area contributed by atoms with E-state index in [1.165, 1.54) is 11.3 Å². The summed E-state index contributed by atoms with van der Waals surface area (Å²) < 4.78 is 28.9. The maximum atomic E-state index is 12.3. The van der Waals surface area contributed by atoms with Gasteiger partial charge < -0.3 is 5.32 Å². The lowest BCUT2D eigenvalue weighted by atomic mass is 9.99. The molecule has 1 unspecified atom stereocenters. The van der Waals surface area contributed by atoms with Crippen molar-refractivity contribution in [1.82, 2.24) is 19.3 Å². The summed E-state index contributed by atoms with van der Waals surface area (Å²) in [7, 11) is -3.41. The summed E-state index contributed by atoms with van der Waals surface area (Å²) in [6.45, 7) is 6.53. The van der Waals surface area contributed by atoms with Gasteiger partial charge in [0.25, 0.3) is 10.2 Å². The fourth-order valence-corrected chi connectivity index (χ4v) is 4.24. The first-order valence-electron chi connectivity index (χ1n) is 7.32. The van der Waals surface area contributed by atoms with Crippen LogP contribution < -0.4 is 10.0 Å². The number of nitrogens with one attached hydrogen (secondary N) is 2. The molecule has 1 atom stereocenters. The molecule has 0 amide bonds. The lowest BCUT2D eigenvalue weighted by Crippen LogP contribution is -2.47. The molecular formula is C13H24N4O2S2. The molecule has 0 bridgehead atoms. The van der Waals surface area contributed by atoms with Gasteiger partial charge in [0.1, 0.15) is 0 Å². The monoisotopic (exact) mass is 332 g/mol. The fraction of sp³-hybridized carbons (Fsp3) is 0.769. The quantitative estimate of drug-likeness (QED) is 0.786. The first-order chi connectivity index (χ1) is 9.97. The molecule has 2 N–H and O–H groups in total. The Bertz CT molecular complexity index is 516. The van der Waals surface area contributed by atoms with Crippen molar-refractivity contribution < 1.29 is 8.42 Å². The van der Waals surface area contributed by atoms with Crippen LogP contribution in [0.3, 0.4) is 0 Å². The topological polar surface area (TPSA) is 74.3 Å². The molecule has 0 radical (unpaired) electrons. The second-order valence-corrected chi connectivity index (χ2v) is 8.21. The molecule has 2 heterocycles. The summed E-state index contributed by atoms with van der Waals surface area (Å²) in [6, 6.07) is 0.430. The molecule has 0 aromatic carbocycles. The molecular weight excluding hydrogens is 308 g/mol. The highest BCUT2D eigenvalue weighted by molar-refractivity contribution is 7.87. The van der Waals surface area contributed by atoms with E-state index in [0.717, 1.165) is 25.1 Å². The van der Waals surface area contributed by atoms with Crippen LogP contribution in [0.1, 0.15) is 32.4 Å². The van der Waals surface area contributed by atoms with Crippen LogP contribution in [0.5, 0.6) is 0 Å². The molecule has 0 saturated carbocycles. The first kappa shape index (κ1) is 16.8. The molecule has 120 valence electrons. The minimum Gasteiger partial charge on any atom is -0.314 e. The lowest BCUT2D eigenvalue weighted by Gasteiger charge is -2.32. The second-order valence-electron chi connectivity index (χ2n) is 5.74. The SMILES string of the molecule is CC(C)NCC1CCCN(S(=O)(=O)NCc2cscn2)C1. The van der Waals surface area contributed by atoms with Gasteiger partial charge in [-0.3, -0.25) is 0 Å². The summed E-state index contributed by atoms with van der Waals surface area (Å²) >= 11 is 1.47. The zero-order valence-corrected chi connectivity index (χ0v) is 14.2. The molecule has 1 aliphatic rings. The van der Waals surface area contributed by atoms with E-state index in [2.05, 4.69) is 28.9 Å². The molecule has 1 aromatic heterocycles. The van der Waals surface area contributed by atoms with E-state index in [-0.39, 0.29) is 6.54 Å². The van der Waals surface area contributed by atoms with E-state index < -0.39 is 10.2 Å². The second kappa shape index (κ2) is 7.64. The summed E-state index contributed by atoms with van der Waals surface area (Å²) in [6.07, 6.45) is 2.00. The Morgan fingerprint density at radius 2 is 2.33 bits per heavy atom. The van der Waals surface area contributed by atoms with E-state index in [1.807, 2.05) is 5.38 Å². The summed E-state index contributed by atoms with van der Waals surface area (Å²) in [5.74, 6) is 0.386. The Morgan fingerprint density at radius 3 is 3.00 bits per heavy atom. The van der Waals surface area contributed by atoms with Crippen LogP contribution in [0.25, 0.3) is 0 Å². The van der Waals surface area contributed by atoms with Gasteiger partial charge in [-0.05, 0) is 25.3 Å². The van der Waals surface area contributed by atoms with Crippen molar-refractivity contribution in [3.05, 3.63) is 16.6 Å². The maximum Gasteiger partial charge on any atom is 0.279 e. The van der Waals surface area contributed by atoms with Crippen molar-refractivity contribution >= 4 is 21.5 Å². The highest BCUT2D eigenvalue weighted by Crippen LogP contribution is 2.18. The third kappa shape index (κ3) is 5.30. The molecule has 6 nitrogen and oxygen atoms in total. The molecule has 8 heteroatoms. The Hall–Kier alpha value is -0.540. The van der Waals surface area contributed by atoms with Crippen molar-refractivity contribution in [2.24, 2.45) is 5.92 Å². The van der Waals surface area contributed by atoms with Gasteiger partial charge in [-0.25, -0.2) is 4.98 Å². The van der Waals surface area contributed by atoms with E-state index >= 15 is 0 Å². The molecule has 1 aliphatic heterocycles. The minimum absolute atomic E-state index is 0.261. The van der Waals surface area contributed by atoms with Gasteiger partial charge in [-0.15, -0.1) is 11.3 Å². The molecule has 21 heavy (non-hydrogen) atoms. The highest BCUT2D eigenvalue weighted by Gasteiger charge is 2.28. The summed E-state index contributed by atoms with van der Waals surface area (Å²) in [5, 5.41) is 5.25. The molecule has 2 rings (SSSR count). The van der Waals surface area contributed by atoms with Crippen molar-refractivity contribution in [2.75, 3.05) is 19.6 Å². The van der Waals surface area contributed by atoms with Gasteiger partial charge in [0, 0.05) is 24.5 Å². The highest BCUT2D eigenvalue weighted by atomic mass is 32.2. The fourth-order valence-electron chi connectivity index (χ4n) is 2.40. The van der Waals surface area contributed by atoms with Crippen LogP contribution >= 0.6 is 11.3 Å². The van der Waals surface area contributed by atoms with Crippen molar-refractivity contribution in [3.63, 3.8) is 0 Å². The standard InChI is InChI=1S/C13H24N4O2S2/c1-11(2)14-6-12-4-3-5-17(8-12)21(18,19)16-7-13-9-20-10-15-13/h9-12,14,16H,3-8H2,1-2H3. The van der Waals surface area contributed by atoms with Crippen LogP contribution in [-0.2, 0) is 16.8 Å². The average Bonchev–Trinajstić information content (AvgIpc) is 2.97. The number of hydrogen-bond donors (Lipinski definition) is 2. The number of hydrogen-bond acceptors (Lipinski definition) is 5. The third-order valence-electron chi connectivity index (χ3n) is 3.56. The Labute approximate surface area is 131 Å². The van der Waals surface area contributed by atoms with E-state index in [1.54, 1.807) is 9.82 Å². The number of rotatable bonds is 7. The number of piperidine rings is 1. The molecule has 1 fully saturated rings. The Morgan fingerprint density at radius 1 is 1.52 bits per heavy atom. The Kier molecular flexibility index (Phi) is 6.12. The molecule has 1 aromatic rings. The van der Waals surface area contributed by atoms with Crippen LogP contribution in [-0.4, -0.2) is 43.4 Å².